The van der Waals surface area contributed by atoms with E-state index in [4.69, 9.17) is 4.74 Å². The normalized spacial score (nSPS) is 21.3. The zero-order chi connectivity index (χ0) is 14.8. The van der Waals surface area contributed by atoms with Crippen LogP contribution in [0.4, 0.5) is 5.69 Å². The molecule has 1 atom stereocenters. The van der Waals surface area contributed by atoms with Gasteiger partial charge >= 0.3 is 0 Å². The molecule has 2 aliphatic rings. The summed E-state index contributed by atoms with van der Waals surface area (Å²) in [6, 6.07) is 4.91. The minimum Gasteiger partial charge on any atom is -0.482 e. The number of aliphatic hydroxyl groups excluding tert-OH is 1. The van der Waals surface area contributed by atoms with Crippen molar-refractivity contribution >= 4 is 17.5 Å². The first-order chi connectivity index (χ1) is 10.2. The molecule has 112 valence electrons. The molecule has 1 aromatic carbocycles. The van der Waals surface area contributed by atoms with Crippen molar-refractivity contribution in [3.8, 4) is 5.75 Å². The van der Waals surface area contributed by atoms with Gasteiger partial charge in [0.05, 0.1) is 18.3 Å². The number of anilines is 1. The number of piperidine rings is 1. The molecule has 2 heterocycles. The van der Waals surface area contributed by atoms with Gasteiger partial charge in [0.25, 0.3) is 11.8 Å². The second-order valence-corrected chi connectivity index (χ2v) is 5.38. The summed E-state index contributed by atoms with van der Waals surface area (Å²) in [7, 11) is 0. The Hall–Kier alpha value is -2.08. The van der Waals surface area contributed by atoms with Crippen molar-refractivity contribution in [3.63, 3.8) is 0 Å². The molecule has 0 aliphatic carbocycles. The third-order valence-electron chi connectivity index (χ3n) is 3.96. The van der Waals surface area contributed by atoms with E-state index in [-0.39, 0.29) is 31.1 Å². The average molecular weight is 290 g/mol. The van der Waals surface area contributed by atoms with Gasteiger partial charge in [0.2, 0.25) is 0 Å². The summed E-state index contributed by atoms with van der Waals surface area (Å²) in [5.41, 5.74) is 1.02. The Balaban J connectivity index is 1.84. The molecule has 0 saturated carbocycles. The number of ether oxygens (including phenoxy) is 1. The highest BCUT2D eigenvalue weighted by molar-refractivity contribution is 6.00. The zero-order valence-electron chi connectivity index (χ0n) is 11.7. The summed E-state index contributed by atoms with van der Waals surface area (Å²) in [5, 5.41) is 12.1. The molecule has 6 nitrogen and oxygen atoms in total. The monoisotopic (exact) mass is 290 g/mol. The maximum Gasteiger partial charge on any atom is 0.262 e. The molecule has 2 aliphatic heterocycles. The highest BCUT2D eigenvalue weighted by Crippen LogP contribution is 2.29. The number of aliphatic hydroxyl groups is 1. The third-order valence-corrected chi connectivity index (χ3v) is 3.96. The number of nitrogens with one attached hydrogen (secondary N) is 1. The lowest BCUT2D eigenvalue weighted by molar-refractivity contribution is -0.118. The van der Waals surface area contributed by atoms with Gasteiger partial charge in [0.1, 0.15) is 5.75 Å². The van der Waals surface area contributed by atoms with Crippen molar-refractivity contribution < 1.29 is 19.4 Å². The lowest BCUT2D eigenvalue weighted by Crippen LogP contribution is -2.45. The summed E-state index contributed by atoms with van der Waals surface area (Å²) in [6.07, 6.45) is 2.81. The third kappa shape index (κ3) is 2.71. The molecule has 0 spiro atoms. The second-order valence-electron chi connectivity index (χ2n) is 5.38. The van der Waals surface area contributed by atoms with E-state index in [0.717, 1.165) is 19.3 Å². The van der Waals surface area contributed by atoms with Gasteiger partial charge in [-0.25, -0.2) is 0 Å². The van der Waals surface area contributed by atoms with E-state index in [1.165, 1.54) is 0 Å². The Bertz CT molecular complexity index is 573. The number of amides is 2. The van der Waals surface area contributed by atoms with Crippen LogP contribution in [-0.4, -0.2) is 47.6 Å². The van der Waals surface area contributed by atoms with E-state index in [9.17, 15) is 14.7 Å². The maximum absolute atomic E-state index is 12.6. The van der Waals surface area contributed by atoms with E-state index < -0.39 is 0 Å². The lowest BCUT2D eigenvalue weighted by Gasteiger charge is -2.34. The van der Waals surface area contributed by atoms with Gasteiger partial charge in [-0.2, -0.15) is 0 Å². The Morgan fingerprint density at radius 2 is 2.29 bits per heavy atom. The van der Waals surface area contributed by atoms with Gasteiger partial charge in [-0.05, 0) is 37.5 Å². The molecule has 1 aromatic rings. The number of carbonyl (C=O) groups excluding carboxylic acids is 2. The van der Waals surface area contributed by atoms with Gasteiger partial charge in [0, 0.05) is 12.1 Å². The number of fused-ring (bicyclic) bond motifs is 1. The second kappa shape index (κ2) is 5.73. The van der Waals surface area contributed by atoms with Crippen molar-refractivity contribution in [2.45, 2.75) is 25.3 Å². The molecule has 1 unspecified atom stereocenters. The van der Waals surface area contributed by atoms with Gasteiger partial charge in [-0.1, -0.05) is 0 Å². The van der Waals surface area contributed by atoms with E-state index in [1.54, 1.807) is 23.1 Å². The van der Waals surface area contributed by atoms with Crippen molar-refractivity contribution in [2.75, 3.05) is 25.1 Å². The first kappa shape index (κ1) is 13.9. The van der Waals surface area contributed by atoms with Gasteiger partial charge in [-0.15, -0.1) is 0 Å². The minimum absolute atomic E-state index is 0.000988. The number of rotatable bonds is 2. The van der Waals surface area contributed by atoms with Crippen LogP contribution in [0.5, 0.6) is 5.75 Å². The number of carbonyl (C=O) groups is 2. The number of hydrogen-bond acceptors (Lipinski definition) is 4. The van der Waals surface area contributed by atoms with E-state index >= 15 is 0 Å². The fraction of sp³-hybridized carbons (Fsp3) is 0.467. The molecule has 0 aromatic heterocycles. The van der Waals surface area contributed by atoms with Crippen molar-refractivity contribution in [1.29, 1.82) is 0 Å². The number of likely N-dealkylation sites (tertiary alicyclic amines) is 1. The predicted octanol–water partition coefficient (Wildman–Crippen LogP) is 1.00. The SMILES string of the molecule is O=C1COc2ccc(C(=O)N3CCCCC3CO)cc2N1. The van der Waals surface area contributed by atoms with Crippen LogP contribution in [0.2, 0.25) is 0 Å². The molecule has 0 bridgehead atoms. The molecule has 6 heteroatoms. The molecule has 3 rings (SSSR count). The number of benzene rings is 1. The van der Waals surface area contributed by atoms with E-state index in [0.29, 0.717) is 23.5 Å². The van der Waals surface area contributed by atoms with Crippen LogP contribution in [0.1, 0.15) is 29.6 Å². The fourth-order valence-electron chi connectivity index (χ4n) is 2.84. The molecule has 21 heavy (non-hydrogen) atoms. The Kier molecular flexibility index (Phi) is 3.79. The smallest absolute Gasteiger partial charge is 0.262 e. The highest BCUT2D eigenvalue weighted by atomic mass is 16.5. The fourth-order valence-corrected chi connectivity index (χ4v) is 2.84. The standard InChI is InChI=1S/C15H18N2O4/c18-8-11-3-1-2-6-17(11)15(20)10-4-5-13-12(7-10)16-14(19)9-21-13/h4-5,7,11,18H,1-3,6,8-9H2,(H,16,19). The molecule has 1 fully saturated rings. The van der Waals surface area contributed by atoms with Gasteiger partial charge in [0.15, 0.2) is 6.61 Å². The first-order valence-corrected chi connectivity index (χ1v) is 7.17. The lowest BCUT2D eigenvalue weighted by atomic mass is 10.0. The maximum atomic E-state index is 12.6. The predicted molar refractivity (Wildman–Crippen MR) is 76.3 cm³/mol. The zero-order valence-corrected chi connectivity index (χ0v) is 11.7. The Morgan fingerprint density at radius 1 is 1.43 bits per heavy atom. The molecular weight excluding hydrogens is 272 g/mol. The number of nitrogens with zero attached hydrogens (tertiary/aromatic N) is 1. The molecule has 2 N–H and O–H groups in total. The van der Waals surface area contributed by atoms with Crippen LogP contribution >= 0.6 is 0 Å². The van der Waals surface area contributed by atoms with E-state index in [1.807, 2.05) is 0 Å². The van der Waals surface area contributed by atoms with Crippen molar-refractivity contribution in [1.82, 2.24) is 4.90 Å². The summed E-state index contributed by atoms with van der Waals surface area (Å²) in [4.78, 5) is 25.7. The van der Waals surface area contributed by atoms with Crippen LogP contribution in [0, 0.1) is 0 Å². The average Bonchev–Trinajstić information content (AvgIpc) is 2.53. The highest BCUT2D eigenvalue weighted by Gasteiger charge is 2.27. The minimum atomic E-state index is -0.224. The van der Waals surface area contributed by atoms with Gasteiger partial charge < -0.3 is 20.1 Å². The largest absolute Gasteiger partial charge is 0.482 e. The van der Waals surface area contributed by atoms with Gasteiger partial charge in [-0.3, -0.25) is 9.59 Å². The van der Waals surface area contributed by atoms with Crippen LogP contribution < -0.4 is 10.1 Å². The Labute approximate surface area is 122 Å². The molecule has 0 radical (unpaired) electrons. The van der Waals surface area contributed by atoms with Crippen LogP contribution in [-0.2, 0) is 4.79 Å². The topological polar surface area (TPSA) is 78.9 Å². The van der Waals surface area contributed by atoms with E-state index in [2.05, 4.69) is 5.32 Å². The molecular formula is C15H18N2O4. The summed E-state index contributed by atoms with van der Waals surface area (Å²) < 4.78 is 5.28. The van der Waals surface area contributed by atoms with Crippen LogP contribution in [0.15, 0.2) is 18.2 Å². The summed E-state index contributed by atoms with van der Waals surface area (Å²) >= 11 is 0. The molecule has 2 amide bonds. The van der Waals surface area contributed by atoms with Crippen molar-refractivity contribution in [3.05, 3.63) is 23.8 Å². The summed E-state index contributed by atoms with van der Waals surface area (Å²) in [5.74, 6) is 0.234. The molecule has 1 saturated heterocycles. The Morgan fingerprint density at radius 3 is 3.10 bits per heavy atom. The van der Waals surface area contributed by atoms with Crippen molar-refractivity contribution in [2.24, 2.45) is 0 Å². The quantitative estimate of drug-likeness (QED) is 0.852. The van der Waals surface area contributed by atoms with Crippen LogP contribution in [0.3, 0.4) is 0 Å². The van der Waals surface area contributed by atoms with Crippen LogP contribution in [0.25, 0.3) is 0 Å². The number of hydrogen-bond donors (Lipinski definition) is 2. The first-order valence-electron chi connectivity index (χ1n) is 7.17. The summed E-state index contributed by atoms with van der Waals surface area (Å²) in [6.45, 7) is 0.638.